The van der Waals surface area contributed by atoms with Crippen LogP contribution in [0.3, 0.4) is 0 Å². The molecular weight excluding hydrogens is 250 g/mol. The third-order valence-corrected chi connectivity index (χ3v) is 4.74. The lowest BCUT2D eigenvalue weighted by molar-refractivity contribution is 0.120. The Morgan fingerprint density at radius 3 is 2.20 bits per heavy atom. The first-order valence-electron chi connectivity index (χ1n) is 8.58. The molecule has 2 aliphatic rings. The number of nitrogens with zero attached hydrogens (tertiary/aromatic N) is 2. The van der Waals surface area contributed by atoms with Crippen LogP contribution in [-0.4, -0.2) is 48.1 Å². The van der Waals surface area contributed by atoms with E-state index in [0.717, 1.165) is 26.1 Å². The van der Waals surface area contributed by atoms with Crippen LogP contribution in [-0.2, 0) is 0 Å². The van der Waals surface area contributed by atoms with Gasteiger partial charge in [-0.05, 0) is 38.6 Å². The minimum Gasteiger partial charge on any atom is -0.330 e. The molecule has 0 aromatic rings. The van der Waals surface area contributed by atoms with Crippen molar-refractivity contribution in [1.82, 2.24) is 9.80 Å². The average molecular weight is 281 g/mol. The number of hydrogen-bond acceptors (Lipinski definition) is 2. The van der Waals surface area contributed by atoms with E-state index in [1.165, 1.54) is 57.8 Å². The Morgan fingerprint density at radius 1 is 1.00 bits per heavy atom. The SMILES string of the molecule is NCCCN(C(=O)N1CCCCCC1)C1CCCCC1. The standard InChI is InChI=1S/C16H31N3O/c17-11-8-14-19(15-9-4-3-5-10-15)16(20)18-12-6-1-2-7-13-18/h15H,1-14,17H2. The maximum absolute atomic E-state index is 12.9. The molecule has 1 saturated carbocycles. The molecule has 1 aliphatic heterocycles. The zero-order valence-corrected chi connectivity index (χ0v) is 12.9. The summed E-state index contributed by atoms with van der Waals surface area (Å²) in [4.78, 5) is 17.1. The largest absolute Gasteiger partial charge is 0.330 e. The van der Waals surface area contributed by atoms with Crippen molar-refractivity contribution in [2.45, 2.75) is 70.3 Å². The lowest BCUT2D eigenvalue weighted by Gasteiger charge is -2.37. The fourth-order valence-corrected chi connectivity index (χ4v) is 3.53. The van der Waals surface area contributed by atoms with Crippen molar-refractivity contribution in [1.29, 1.82) is 0 Å². The van der Waals surface area contributed by atoms with Crippen LogP contribution in [0.1, 0.15) is 64.2 Å². The second kappa shape index (κ2) is 8.50. The quantitative estimate of drug-likeness (QED) is 0.861. The second-order valence-corrected chi connectivity index (χ2v) is 6.31. The summed E-state index contributed by atoms with van der Waals surface area (Å²) in [6, 6.07) is 0.748. The Kier molecular flexibility index (Phi) is 6.64. The molecule has 2 N–H and O–H groups in total. The Bertz CT molecular complexity index is 281. The number of hydrogen-bond donors (Lipinski definition) is 1. The normalized spacial score (nSPS) is 21.6. The molecule has 0 bridgehead atoms. The van der Waals surface area contributed by atoms with Gasteiger partial charge in [-0.15, -0.1) is 0 Å². The molecule has 1 saturated heterocycles. The van der Waals surface area contributed by atoms with E-state index in [4.69, 9.17) is 5.73 Å². The summed E-state index contributed by atoms with van der Waals surface area (Å²) in [7, 11) is 0. The van der Waals surface area contributed by atoms with Crippen LogP contribution in [0.25, 0.3) is 0 Å². The van der Waals surface area contributed by atoms with E-state index in [-0.39, 0.29) is 6.03 Å². The van der Waals surface area contributed by atoms with Gasteiger partial charge in [-0.3, -0.25) is 0 Å². The first kappa shape index (κ1) is 15.6. The third kappa shape index (κ3) is 4.37. The van der Waals surface area contributed by atoms with Crippen molar-refractivity contribution in [3.63, 3.8) is 0 Å². The molecule has 0 atom stereocenters. The van der Waals surface area contributed by atoms with E-state index >= 15 is 0 Å². The molecule has 0 radical (unpaired) electrons. The smallest absolute Gasteiger partial charge is 0.320 e. The minimum absolute atomic E-state index is 0.284. The number of urea groups is 1. The summed E-state index contributed by atoms with van der Waals surface area (Å²) in [6.45, 7) is 3.42. The number of carbonyl (C=O) groups excluding carboxylic acids is 1. The zero-order chi connectivity index (χ0) is 14.2. The Hall–Kier alpha value is -0.770. The van der Waals surface area contributed by atoms with E-state index in [2.05, 4.69) is 9.80 Å². The van der Waals surface area contributed by atoms with Gasteiger partial charge in [0.1, 0.15) is 0 Å². The molecule has 0 unspecified atom stereocenters. The number of rotatable bonds is 4. The van der Waals surface area contributed by atoms with Gasteiger partial charge in [0.25, 0.3) is 0 Å². The summed E-state index contributed by atoms with van der Waals surface area (Å²) in [5.74, 6) is 0. The van der Waals surface area contributed by atoms with Crippen LogP contribution >= 0.6 is 0 Å². The Labute approximate surface area is 123 Å². The molecular formula is C16H31N3O. The molecule has 116 valence electrons. The van der Waals surface area contributed by atoms with Crippen molar-refractivity contribution >= 4 is 6.03 Å². The van der Waals surface area contributed by atoms with Crippen molar-refractivity contribution in [3.05, 3.63) is 0 Å². The number of carbonyl (C=O) groups is 1. The molecule has 0 spiro atoms. The van der Waals surface area contributed by atoms with E-state index in [1.807, 2.05) is 0 Å². The third-order valence-electron chi connectivity index (χ3n) is 4.74. The fraction of sp³-hybridized carbons (Fsp3) is 0.938. The maximum Gasteiger partial charge on any atom is 0.320 e. The monoisotopic (exact) mass is 281 g/mol. The highest BCUT2D eigenvalue weighted by atomic mass is 16.2. The maximum atomic E-state index is 12.9. The van der Waals surface area contributed by atoms with Crippen molar-refractivity contribution in [2.24, 2.45) is 5.73 Å². The highest BCUT2D eigenvalue weighted by molar-refractivity contribution is 5.74. The summed E-state index contributed by atoms with van der Waals surface area (Å²) in [5.41, 5.74) is 5.66. The lowest BCUT2D eigenvalue weighted by Crippen LogP contribution is -2.49. The van der Waals surface area contributed by atoms with Crippen LogP contribution in [0.15, 0.2) is 0 Å². The van der Waals surface area contributed by atoms with Gasteiger partial charge in [0, 0.05) is 25.7 Å². The second-order valence-electron chi connectivity index (χ2n) is 6.31. The van der Waals surface area contributed by atoms with Gasteiger partial charge < -0.3 is 15.5 Å². The van der Waals surface area contributed by atoms with Crippen molar-refractivity contribution < 1.29 is 4.79 Å². The van der Waals surface area contributed by atoms with Crippen molar-refractivity contribution in [3.8, 4) is 0 Å². The molecule has 2 fully saturated rings. The van der Waals surface area contributed by atoms with Crippen LogP contribution in [0, 0.1) is 0 Å². The molecule has 2 amide bonds. The fourth-order valence-electron chi connectivity index (χ4n) is 3.53. The molecule has 0 aromatic heterocycles. The van der Waals surface area contributed by atoms with Gasteiger partial charge >= 0.3 is 6.03 Å². The molecule has 0 aromatic carbocycles. The van der Waals surface area contributed by atoms with Gasteiger partial charge in [0.2, 0.25) is 0 Å². The zero-order valence-electron chi connectivity index (χ0n) is 12.9. The van der Waals surface area contributed by atoms with E-state index in [9.17, 15) is 4.79 Å². The summed E-state index contributed by atoms with van der Waals surface area (Å²) in [5, 5.41) is 0. The predicted molar refractivity (Wildman–Crippen MR) is 82.7 cm³/mol. The number of amides is 2. The van der Waals surface area contributed by atoms with E-state index in [1.54, 1.807) is 0 Å². The summed E-state index contributed by atoms with van der Waals surface area (Å²) >= 11 is 0. The molecule has 1 aliphatic carbocycles. The molecule has 20 heavy (non-hydrogen) atoms. The molecule has 4 heteroatoms. The highest BCUT2D eigenvalue weighted by Gasteiger charge is 2.28. The minimum atomic E-state index is 0.284. The van der Waals surface area contributed by atoms with Gasteiger partial charge in [-0.2, -0.15) is 0 Å². The van der Waals surface area contributed by atoms with Gasteiger partial charge in [-0.1, -0.05) is 32.1 Å². The average Bonchev–Trinajstić information content (AvgIpc) is 2.77. The van der Waals surface area contributed by atoms with E-state index in [0.29, 0.717) is 12.6 Å². The van der Waals surface area contributed by atoms with Crippen LogP contribution in [0.5, 0.6) is 0 Å². The van der Waals surface area contributed by atoms with Gasteiger partial charge in [0.05, 0.1) is 0 Å². The predicted octanol–water partition coefficient (Wildman–Crippen LogP) is 2.97. The van der Waals surface area contributed by atoms with Crippen LogP contribution < -0.4 is 5.73 Å². The van der Waals surface area contributed by atoms with Gasteiger partial charge in [-0.25, -0.2) is 4.79 Å². The van der Waals surface area contributed by atoms with E-state index < -0.39 is 0 Å². The summed E-state index contributed by atoms with van der Waals surface area (Å²) in [6.07, 6.45) is 12.1. The van der Waals surface area contributed by atoms with Crippen LogP contribution in [0.4, 0.5) is 4.79 Å². The first-order valence-corrected chi connectivity index (χ1v) is 8.58. The first-order chi connectivity index (χ1) is 9.83. The number of nitrogens with two attached hydrogens (primary N) is 1. The van der Waals surface area contributed by atoms with Crippen molar-refractivity contribution in [2.75, 3.05) is 26.2 Å². The molecule has 2 rings (SSSR count). The van der Waals surface area contributed by atoms with Crippen LogP contribution in [0.2, 0.25) is 0 Å². The topological polar surface area (TPSA) is 49.6 Å². The molecule has 4 nitrogen and oxygen atoms in total. The lowest BCUT2D eigenvalue weighted by atomic mass is 9.94. The highest BCUT2D eigenvalue weighted by Crippen LogP contribution is 2.24. The Morgan fingerprint density at radius 2 is 1.60 bits per heavy atom. The Balaban J connectivity index is 1.97. The number of likely N-dealkylation sites (tertiary alicyclic amines) is 1. The molecule has 1 heterocycles. The van der Waals surface area contributed by atoms with Gasteiger partial charge in [0.15, 0.2) is 0 Å². The summed E-state index contributed by atoms with van der Waals surface area (Å²) < 4.78 is 0.